The SMILES string of the molecule is CCNCC(=Cc1csc(C)n1)C1CCCCC1. The van der Waals surface area contributed by atoms with E-state index in [1.54, 1.807) is 16.9 Å². The van der Waals surface area contributed by atoms with Gasteiger partial charge in [-0.2, -0.15) is 0 Å². The minimum absolute atomic E-state index is 0.778. The lowest BCUT2D eigenvalue weighted by molar-refractivity contribution is 0.397. The van der Waals surface area contributed by atoms with Crippen LogP contribution in [-0.4, -0.2) is 18.1 Å². The Morgan fingerprint density at radius 3 is 2.83 bits per heavy atom. The van der Waals surface area contributed by atoms with E-state index in [1.165, 1.54) is 32.1 Å². The Hall–Kier alpha value is -0.670. The minimum Gasteiger partial charge on any atom is -0.313 e. The van der Waals surface area contributed by atoms with Gasteiger partial charge in [0, 0.05) is 11.9 Å². The minimum atomic E-state index is 0.778. The Morgan fingerprint density at radius 2 is 2.22 bits per heavy atom. The van der Waals surface area contributed by atoms with Crippen LogP contribution in [0.3, 0.4) is 0 Å². The molecule has 0 bridgehead atoms. The molecule has 1 aromatic heterocycles. The highest BCUT2D eigenvalue weighted by Crippen LogP contribution is 2.30. The largest absolute Gasteiger partial charge is 0.313 e. The lowest BCUT2D eigenvalue weighted by Gasteiger charge is -2.24. The highest BCUT2D eigenvalue weighted by Gasteiger charge is 2.17. The summed E-state index contributed by atoms with van der Waals surface area (Å²) < 4.78 is 0. The third kappa shape index (κ3) is 3.92. The molecule has 1 aromatic rings. The molecule has 1 heterocycles. The molecule has 0 aliphatic heterocycles. The molecule has 2 rings (SSSR count). The number of aryl methyl sites for hydroxylation is 1. The van der Waals surface area contributed by atoms with Crippen LogP contribution in [0.4, 0.5) is 0 Å². The highest BCUT2D eigenvalue weighted by atomic mass is 32.1. The predicted octanol–water partition coefficient (Wildman–Crippen LogP) is 4.02. The van der Waals surface area contributed by atoms with Gasteiger partial charge in [0.25, 0.3) is 0 Å². The van der Waals surface area contributed by atoms with E-state index in [-0.39, 0.29) is 0 Å². The second-order valence-corrected chi connectivity index (χ2v) is 6.19. The number of likely N-dealkylation sites (N-methyl/N-ethyl adjacent to an activating group) is 1. The van der Waals surface area contributed by atoms with Gasteiger partial charge in [-0.05, 0) is 38.3 Å². The van der Waals surface area contributed by atoms with Crippen molar-refractivity contribution in [1.29, 1.82) is 0 Å². The summed E-state index contributed by atoms with van der Waals surface area (Å²) >= 11 is 1.74. The molecule has 100 valence electrons. The van der Waals surface area contributed by atoms with Crippen molar-refractivity contribution in [1.82, 2.24) is 10.3 Å². The van der Waals surface area contributed by atoms with Crippen molar-refractivity contribution in [3.8, 4) is 0 Å². The fourth-order valence-corrected chi connectivity index (χ4v) is 3.26. The summed E-state index contributed by atoms with van der Waals surface area (Å²) in [6.45, 7) is 6.32. The van der Waals surface area contributed by atoms with Crippen molar-refractivity contribution in [2.75, 3.05) is 13.1 Å². The molecule has 1 N–H and O–H groups in total. The molecule has 0 amide bonds. The molecular formula is C15H24N2S. The van der Waals surface area contributed by atoms with Gasteiger partial charge in [-0.15, -0.1) is 11.3 Å². The van der Waals surface area contributed by atoms with Gasteiger partial charge >= 0.3 is 0 Å². The normalized spacial score (nSPS) is 18.2. The highest BCUT2D eigenvalue weighted by molar-refractivity contribution is 7.09. The van der Waals surface area contributed by atoms with Crippen molar-refractivity contribution in [3.63, 3.8) is 0 Å². The zero-order valence-corrected chi connectivity index (χ0v) is 12.4. The van der Waals surface area contributed by atoms with Crippen LogP contribution < -0.4 is 5.32 Å². The summed E-state index contributed by atoms with van der Waals surface area (Å²) in [6, 6.07) is 0. The third-order valence-electron chi connectivity index (χ3n) is 3.68. The number of rotatable bonds is 5. The number of aromatic nitrogens is 1. The van der Waals surface area contributed by atoms with Crippen molar-refractivity contribution in [2.45, 2.75) is 46.0 Å². The maximum Gasteiger partial charge on any atom is 0.0901 e. The fraction of sp³-hybridized carbons (Fsp3) is 0.667. The van der Waals surface area contributed by atoms with Gasteiger partial charge in [0.15, 0.2) is 0 Å². The first-order valence-electron chi connectivity index (χ1n) is 7.13. The molecule has 0 spiro atoms. The zero-order valence-electron chi connectivity index (χ0n) is 11.5. The van der Waals surface area contributed by atoms with Gasteiger partial charge in [-0.3, -0.25) is 0 Å². The number of hydrogen-bond acceptors (Lipinski definition) is 3. The molecule has 0 radical (unpaired) electrons. The number of thiazole rings is 1. The Labute approximate surface area is 115 Å². The monoisotopic (exact) mass is 264 g/mol. The van der Waals surface area contributed by atoms with Crippen LogP contribution in [0.5, 0.6) is 0 Å². The Kier molecular flexibility index (Phi) is 5.39. The summed E-state index contributed by atoms with van der Waals surface area (Å²) in [7, 11) is 0. The first kappa shape index (κ1) is 13.8. The van der Waals surface area contributed by atoms with E-state index in [1.807, 2.05) is 0 Å². The van der Waals surface area contributed by atoms with E-state index >= 15 is 0 Å². The predicted molar refractivity (Wildman–Crippen MR) is 79.9 cm³/mol. The molecule has 0 unspecified atom stereocenters. The molecule has 1 saturated carbocycles. The zero-order chi connectivity index (χ0) is 12.8. The van der Waals surface area contributed by atoms with E-state index in [2.05, 4.69) is 35.6 Å². The van der Waals surface area contributed by atoms with Gasteiger partial charge in [-0.25, -0.2) is 4.98 Å². The van der Waals surface area contributed by atoms with Gasteiger partial charge in [0.2, 0.25) is 0 Å². The fourth-order valence-electron chi connectivity index (χ4n) is 2.69. The molecule has 0 atom stereocenters. The molecule has 1 fully saturated rings. The summed E-state index contributed by atoms with van der Waals surface area (Å²) in [5.74, 6) is 0.778. The average Bonchev–Trinajstić information content (AvgIpc) is 2.81. The van der Waals surface area contributed by atoms with Crippen LogP contribution in [0.15, 0.2) is 11.0 Å². The van der Waals surface area contributed by atoms with Crippen LogP contribution in [0, 0.1) is 12.8 Å². The van der Waals surface area contributed by atoms with E-state index < -0.39 is 0 Å². The lowest BCUT2D eigenvalue weighted by Crippen LogP contribution is -2.22. The first-order valence-corrected chi connectivity index (χ1v) is 8.01. The number of hydrogen-bond donors (Lipinski definition) is 1. The molecule has 0 saturated heterocycles. The summed E-state index contributed by atoms with van der Waals surface area (Å²) in [5, 5.41) is 6.81. The maximum absolute atomic E-state index is 4.57. The Morgan fingerprint density at radius 1 is 1.44 bits per heavy atom. The van der Waals surface area contributed by atoms with Crippen LogP contribution in [0.1, 0.15) is 49.7 Å². The van der Waals surface area contributed by atoms with Crippen molar-refractivity contribution in [2.24, 2.45) is 5.92 Å². The van der Waals surface area contributed by atoms with Crippen molar-refractivity contribution >= 4 is 17.4 Å². The smallest absolute Gasteiger partial charge is 0.0901 e. The molecular weight excluding hydrogens is 240 g/mol. The molecule has 1 aliphatic carbocycles. The first-order chi connectivity index (χ1) is 8.79. The van der Waals surface area contributed by atoms with Gasteiger partial charge in [0.1, 0.15) is 0 Å². The lowest BCUT2D eigenvalue weighted by atomic mass is 9.83. The average molecular weight is 264 g/mol. The van der Waals surface area contributed by atoms with E-state index in [9.17, 15) is 0 Å². The number of nitrogens with one attached hydrogen (secondary N) is 1. The summed E-state index contributed by atoms with van der Waals surface area (Å²) in [6.07, 6.45) is 9.25. The third-order valence-corrected chi connectivity index (χ3v) is 4.47. The Balaban J connectivity index is 2.10. The Bertz CT molecular complexity index is 389. The topological polar surface area (TPSA) is 24.9 Å². The number of nitrogens with zero attached hydrogens (tertiary/aromatic N) is 1. The van der Waals surface area contributed by atoms with E-state index in [0.717, 1.165) is 29.7 Å². The molecule has 0 aromatic carbocycles. The summed E-state index contributed by atoms with van der Waals surface area (Å²) in [5.41, 5.74) is 2.71. The van der Waals surface area contributed by atoms with Crippen LogP contribution in [-0.2, 0) is 0 Å². The van der Waals surface area contributed by atoms with E-state index in [0.29, 0.717) is 0 Å². The molecule has 18 heavy (non-hydrogen) atoms. The molecule has 3 heteroatoms. The summed E-state index contributed by atoms with van der Waals surface area (Å²) in [4.78, 5) is 4.57. The molecule has 1 aliphatic rings. The van der Waals surface area contributed by atoms with Crippen molar-refractivity contribution in [3.05, 3.63) is 21.7 Å². The van der Waals surface area contributed by atoms with Crippen LogP contribution >= 0.6 is 11.3 Å². The van der Waals surface area contributed by atoms with Gasteiger partial charge < -0.3 is 5.32 Å². The van der Waals surface area contributed by atoms with Crippen molar-refractivity contribution < 1.29 is 0 Å². The van der Waals surface area contributed by atoms with Crippen LogP contribution in [0.2, 0.25) is 0 Å². The standard InChI is InChI=1S/C15H24N2S/c1-3-16-10-14(13-7-5-4-6-8-13)9-15-11-18-12(2)17-15/h9,11,13,16H,3-8,10H2,1-2H3. The van der Waals surface area contributed by atoms with E-state index in [4.69, 9.17) is 0 Å². The molecule has 2 nitrogen and oxygen atoms in total. The second kappa shape index (κ2) is 7.05. The second-order valence-electron chi connectivity index (χ2n) is 5.13. The maximum atomic E-state index is 4.57. The van der Waals surface area contributed by atoms with Gasteiger partial charge in [-0.1, -0.05) is 31.8 Å². The quantitative estimate of drug-likeness (QED) is 0.868. The van der Waals surface area contributed by atoms with Crippen LogP contribution in [0.25, 0.3) is 6.08 Å². The van der Waals surface area contributed by atoms with Gasteiger partial charge in [0.05, 0.1) is 10.7 Å².